The van der Waals surface area contributed by atoms with Crippen molar-refractivity contribution < 1.29 is 72.5 Å². The standard InChI is InChI=1S/C82H108ClN17O15/c1-47(2)38-63(74(107)95-62(21-11-12-35-88-48(3)4)80(113)100-37-15-23-69(100)79(112)90-49(5)71(84)104)96-73(106)61(32-33-70(103)92-67(81(114)115)43-53-25-29-56-18-8-10-20-58(56)40-53)94-72(105)60(22-14-36-89-82(85)86)93-78(111)68(46-101)99-77(110)66(44-54-16-13-34-87-45-54)98-76(109)65(41-51-26-30-59(83)31-27-51)97-75(108)64(91-50(6)102)42-52-24-28-55-17-7-9-19-57(55)39-52/h7-10,13,16-20,24-31,34,39-40,45,47-49,60-69,88,101H,11-12,14-15,21-23,32-33,35-38,41-44,46H2,1-6H3,(H2,84,104)(H,90,112)(H,91,102)(H,92,103)(H,93,111)(H,94,105)(H,95,107)(H,96,106)(H,97,108)(H,98,109)(H,99,110)(H,114,115)(H4,85,86,89)/t49-,60+,61-,62+,63+,64-,65-,66-,67-,68+,69+/m1/s1. The Labute approximate surface area is 673 Å². The van der Waals surface area contributed by atoms with Crippen LogP contribution in [0, 0.1) is 5.92 Å². The number of carbonyl (C=O) groups excluding carboxylic acids is 12. The van der Waals surface area contributed by atoms with Crippen LogP contribution in [0.1, 0.15) is 128 Å². The number of hydrogen-bond acceptors (Lipinski definition) is 17. The number of primary amides is 1. The van der Waals surface area contributed by atoms with Crippen molar-refractivity contribution in [3.8, 4) is 0 Å². The third kappa shape index (κ3) is 29.7. The highest BCUT2D eigenvalue weighted by atomic mass is 35.5. The van der Waals surface area contributed by atoms with E-state index < -0.39 is 163 Å². The molecule has 115 heavy (non-hydrogen) atoms. The highest BCUT2D eigenvalue weighted by Gasteiger charge is 2.41. The summed E-state index contributed by atoms with van der Waals surface area (Å²) in [6, 6.07) is 19.8. The second kappa shape index (κ2) is 45.3. The Morgan fingerprint density at radius 1 is 0.522 bits per heavy atom. The van der Waals surface area contributed by atoms with Crippen molar-refractivity contribution in [3.05, 3.63) is 161 Å². The van der Waals surface area contributed by atoms with Crippen molar-refractivity contribution in [1.29, 1.82) is 0 Å². The average Bonchev–Trinajstić information content (AvgIpc) is 1.80. The minimum atomic E-state index is -1.90. The van der Waals surface area contributed by atoms with Crippen molar-refractivity contribution in [2.24, 2.45) is 28.1 Å². The number of guanidine groups is 1. The summed E-state index contributed by atoms with van der Waals surface area (Å²) in [5.74, 6) is -12.3. The minimum Gasteiger partial charge on any atom is -0.480 e. The fourth-order valence-electron chi connectivity index (χ4n) is 13.3. The van der Waals surface area contributed by atoms with E-state index in [1.54, 1.807) is 62.4 Å². The monoisotopic (exact) mass is 1610 g/mol. The van der Waals surface area contributed by atoms with E-state index in [2.05, 4.69) is 68.5 Å². The number of aliphatic hydroxyl groups excluding tert-OH is 1. The Kier molecular flexibility index (Phi) is 35.7. The van der Waals surface area contributed by atoms with Gasteiger partial charge in [-0.25, -0.2) is 4.79 Å². The molecule has 0 unspecified atom stereocenters. The van der Waals surface area contributed by atoms with Gasteiger partial charge in [0.25, 0.3) is 0 Å². The summed E-state index contributed by atoms with van der Waals surface area (Å²) < 4.78 is 0. The molecule has 1 saturated heterocycles. The first-order chi connectivity index (χ1) is 54.8. The van der Waals surface area contributed by atoms with E-state index in [1.807, 2.05) is 86.6 Å². The predicted molar refractivity (Wildman–Crippen MR) is 433 cm³/mol. The lowest BCUT2D eigenvalue weighted by atomic mass is 9.99. The van der Waals surface area contributed by atoms with Crippen molar-refractivity contribution in [2.45, 2.75) is 204 Å². The number of nitrogens with zero attached hydrogens (tertiary/aromatic N) is 3. The zero-order chi connectivity index (χ0) is 83.8. The zero-order valence-corrected chi connectivity index (χ0v) is 66.3. The molecule has 19 N–H and O–H groups in total. The Morgan fingerprint density at radius 3 is 1.55 bits per heavy atom. The maximum atomic E-state index is 15.2. The number of rotatable bonds is 45. The molecule has 0 radical (unpaired) electrons. The molecule has 0 aliphatic carbocycles. The number of aliphatic hydroxyl groups is 1. The number of hydrogen-bond donors (Lipinski definition) is 16. The smallest absolute Gasteiger partial charge is 0.326 e. The van der Waals surface area contributed by atoms with Crippen LogP contribution >= 0.6 is 11.6 Å². The number of pyridine rings is 1. The summed E-state index contributed by atoms with van der Waals surface area (Å²) in [6.45, 7) is 9.57. The minimum absolute atomic E-state index is 0.0121. The molecule has 7 rings (SSSR count). The number of aromatic nitrogens is 1. The van der Waals surface area contributed by atoms with Gasteiger partial charge in [0.2, 0.25) is 70.9 Å². The molecule has 0 spiro atoms. The van der Waals surface area contributed by atoms with Crippen LogP contribution in [0.5, 0.6) is 0 Å². The van der Waals surface area contributed by atoms with E-state index in [0.717, 1.165) is 21.5 Å². The van der Waals surface area contributed by atoms with E-state index in [0.29, 0.717) is 53.1 Å². The van der Waals surface area contributed by atoms with E-state index in [9.17, 15) is 63.0 Å². The summed E-state index contributed by atoms with van der Waals surface area (Å²) in [5.41, 5.74) is 19.0. The van der Waals surface area contributed by atoms with E-state index in [4.69, 9.17) is 28.8 Å². The van der Waals surface area contributed by atoms with E-state index >= 15 is 9.59 Å². The van der Waals surface area contributed by atoms with Crippen LogP contribution in [0.15, 0.2) is 139 Å². The molecule has 32 nitrogen and oxygen atoms in total. The lowest BCUT2D eigenvalue weighted by molar-refractivity contribution is -0.142. The van der Waals surface area contributed by atoms with Gasteiger partial charge in [-0.05, 0) is 139 Å². The number of carboxylic acid groups (broad SMARTS) is 1. The summed E-state index contributed by atoms with van der Waals surface area (Å²) >= 11 is 6.25. The van der Waals surface area contributed by atoms with Crippen LogP contribution < -0.4 is 75.7 Å². The number of carbonyl (C=O) groups is 13. The molecule has 12 amide bonds. The fraction of sp³-hybridized carbons (Fsp3) is 0.451. The Hall–Kier alpha value is -11.6. The Morgan fingerprint density at radius 2 is 1.01 bits per heavy atom. The van der Waals surface area contributed by atoms with Gasteiger partial charge in [0.05, 0.1) is 6.61 Å². The van der Waals surface area contributed by atoms with Crippen LogP contribution in [-0.4, -0.2) is 202 Å². The molecule has 6 aromatic rings. The molecule has 1 aliphatic heterocycles. The highest BCUT2D eigenvalue weighted by molar-refractivity contribution is 6.30. The molecule has 33 heteroatoms. The number of aliphatic imine (C=N–C) groups is 1. The number of likely N-dealkylation sites (tertiary alicyclic amines) is 1. The number of amides is 12. The first kappa shape index (κ1) is 90.6. The Bertz CT molecular complexity index is 4400. The average molecular weight is 1610 g/mol. The van der Waals surface area contributed by atoms with Crippen molar-refractivity contribution in [3.63, 3.8) is 0 Å². The largest absolute Gasteiger partial charge is 0.480 e. The zero-order valence-electron chi connectivity index (χ0n) is 65.6. The van der Waals surface area contributed by atoms with Gasteiger partial charge in [0, 0.05) is 75.6 Å². The lowest BCUT2D eigenvalue weighted by Crippen LogP contribution is -2.61. The van der Waals surface area contributed by atoms with Gasteiger partial charge in [-0.1, -0.05) is 142 Å². The number of benzene rings is 5. The molecule has 1 fully saturated rings. The molecule has 1 aromatic heterocycles. The molecule has 5 aromatic carbocycles. The van der Waals surface area contributed by atoms with Crippen LogP contribution in [0.2, 0.25) is 5.02 Å². The highest BCUT2D eigenvalue weighted by Crippen LogP contribution is 2.23. The topological polar surface area (TPSA) is 501 Å². The van der Waals surface area contributed by atoms with Crippen LogP contribution in [0.3, 0.4) is 0 Å². The van der Waals surface area contributed by atoms with Gasteiger partial charge < -0.3 is 90.8 Å². The molecule has 2 heterocycles. The third-order valence-electron chi connectivity index (χ3n) is 19.4. The van der Waals surface area contributed by atoms with Gasteiger partial charge in [-0.15, -0.1) is 0 Å². The molecule has 618 valence electrons. The van der Waals surface area contributed by atoms with Gasteiger partial charge in [0.1, 0.15) is 66.5 Å². The summed E-state index contributed by atoms with van der Waals surface area (Å²) in [5, 5.41) is 55.1. The van der Waals surface area contributed by atoms with E-state index in [-0.39, 0.29) is 88.8 Å². The maximum Gasteiger partial charge on any atom is 0.326 e. The summed E-state index contributed by atoms with van der Waals surface area (Å²) in [4.78, 5) is 194. The van der Waals surface area contributed by atoms with Crippen molar-refractivity contribution in [1.82, 2.24) is 68.4 Å². The second-order valence-corrected chi connectivity index (χ2v) is 30.0. The van der Waals surface area contributed by atoms with Gasteiger partial charge in [-0.2, -0.15) is 0 Å². The van der Waals surface area contributed by atoms with Crippen molar-refractivity contribution in [2.75, 3.05) is 26.2 Å². The fourth-order valence-corrected chi connectivity index (χ4v) is 13.4. The summed E-state index contributed by atoms with van der Waals surface area (Å²) in [7, 11) is 0. The lowest BCUT2D eigenvalue weighted by Gasteiger charge is -2.31. The van der Waals surface area contributed by atoms with Crippen LogP contribution in [0.25, 0.3) is 21.5 Å². The number of halogens is 1. The third-order valence-corrected chi connectivity index (χ3v) is 19.6. The van der Waals surface area contributed by atoms with Crippen LogP contribution in [-0.2, 0) is 88.0 Å². The first-order valence-electron chi connectivity index (χ1n) is 38.6. The second-order valence-electron chi connectivity index (χ2n) is 29.5. The molecule has 1 aliphatic rings. The Balaban J connectivity index is 1.17. The number of carboxylic acids is 1. The van der Waals surface area contributed by atoms with Crippen LogP contribution in [0.4, 0.5) is 0 Å². The number of nitrogens with one attached hydrogen (secondary N) is 11. The first-order valence-corrected chi connectivity index (χ1v) is 39.0. The number of nitrogens with two attached hydrogens (primary N) is 3. The van der Waals surface area contributed by atoms with Crippen molar-refractivity contribution >= 4 is 116 Å². The van der Waals surface area contributed by atoms with Gasteiger partial charge >= 0.3 is 5.97 Å². The normalized spacial score (nSPS) is 15.2. The SMILES string of the molecule is CC(=O)N[C@H](Cc1ccc2ccccc2c1)C(=O)N[C@H](Cc1ccc(Cl)cc1)C(=O)N[C@H](Cc1cccnc1)C(=O)N[C@@H](CO)C(=O)N[C@@H](CCCN=C(N)N)C(=O)N[C@H](CCC(=O)N[C@H](Cc1ccc2ccccc2c1)C(=O)O)C(=O)N[C@@H](CC(C)C)C(=O)N[C@@H](CCCCNC(C)C)C(=O)N1CCC[C@H]1C(=O)N[C@H](C)C(N)=O. The molecular weight excluding hydrogens is 1500 g/mol. The summed E-state index contributed by atoms with van der Waals surface area (Å²) in [6.07, 6.45) is 2.43. The quantitative estimate of drug-likeness (QED) is 0.0147. The molecule has 0 bridgehead atoms. The molecular formula is C82H108ClN17O15. The number of fused-ring (bicyclic) bond motifs is 2. The van der Waals surface area contributed by atoms with E-state index in [1.165, 1.54) is 31.1 Å². The van der Waals surface area contributed by atoms with Gasteiger partial charge in [-0.3, -0.25) is 67.5 Å². The molecule has 0 saturated carbocycles. The number of unbranched alkanes of at least 4 members (excludes halogenated alkanes) is 1. The maximum absolute atomic E-state index is 15.2. The molecule has 11 atom stereocenters. The number of aliphatic carboxylic acids is 1. The van der Waals surface area contributed by atoms with Gasteiger partial charge in [0.15, 0.2) is 5.96 Å². The predicted octanol–water partition coefficient (Wildman–Crippen LogP) is 1.80.